The van der Waals surface area contributed by atoms with E-state index in [2.05, 4.69) is 118 Å². The molecule has 0 aromatic carbocycles. The second-order valence-electron chi connectivity index (χ2n) is 20.2. The summed E-state index contributed by atoms with van der Waals surface area (Å²) in [6, 6.07) is 0. The maximum absolute atomic E-state index is 12.9. The van der Waals surface area contributed by atoms with E-state index in [1.807, 2.05) is 0 Å². The number of carbonyl (C=O) groups is 3. The number of esters is 3. The number of allylic oxidation sites excluding steroid dienone is 16. The van der Waals surface area contributed by atoms with Crippen LogP contribution in [-0.4, -0.2) is 37.2 Å². The Bertz CT molecular complexity index is 1440. The second kappa shape index (κ2) is 60.9. The van der Waals surface area contributed by atoms with Gasteiger partial charge in [0.2, 0.25) is 0 Å². The molecule has 73 heavy (non-hydrogen) atoms. The van der Waals surface area contributed by atoms with Crippen LogP contribution in [0, 0.1) is 0 Å². The normalized spacial score (nSPS) is 12.8. The molecule has 0 aliphatic rings. The number of rotatable bonds is 55. The minimum Gasteiger partial charge on any atom is -0.462 e. The first-order valence-corrected chi connectivity index (χ1v) is 30.7. The number of hydrogen-bond acceptors (Lipinski definition) is 6. The molecule has 418 valence electrons. The van der Waals surface area contributed by atoms with Crippen molar-refractivity contribution < 1.29 is 28.6 Å². The van der Waals surface area contributed by atoms with Gasteiger partial charge in [-0.3, -0.25) is 14.4 Å². The Hall–Kier alpha value is -3.67. The van der Waals surface area contributed by atoms with Crippen molar-refractivity contribution in [2.24, 2.45) is 0 Å². The molecule has 0 aromatic rings. The van der Waals surface area contributed by atoms with Crippen LogP contribution in [0.1, 0.15) is 290 Å². The molecule has 1 atom stereocenters. The molecule has 0 heterocycles. The Balaban J connectivity index is 4.35. The monoisotopic (exact) mass is 1010 g/mol. The molecule has 0 aliphatic heterocycles. The van der Waals surface area contributed by atoms with Crippen molar-refractivity contribution in [2.75, 3.05) is 13.2 Å². The lowest BCUT2D eigenvalue weighted by Crippen LogP contribution is -2.30. The van der Waals surface area contributed by atoms with Crippen LogP contribution in [0.3, 0.4) is 0 Å². The van der Waals surface area contributed by atoms with Crippen LogP contribution in [0.4, 0.5) is 0 Å². The Kier molecular flexibility index (Phi) is 57.8. The lowest BCUT2D eigenvalue weighted by molar-refractivity contribution is -0.167. The van der Waals surface area contributed by atoms with E-state index < -0.39 is 6.10 Å². The summed E-state index contributed by atoms with van der Waals surface area (Å²) in [6.45, 7) is 6.47. The van der Waals surface area contributed by atoms with Crippen LogP contribution >= 0.6 is 0 Å². The Morgan fingerprint density at radius 1 is 0.288 bits per heavy atom. The van der Waals surface area contributed by atoms with Gasteiger partial charge in [-0.25, -0.2) is 0 Å². The smallest absolute Gasteiger partial charge is 0.306 e. The summed E-state index contributed by atoms with van der Waals surface area (Å²) in [5, 5.41) is 0. The van der Waals surface area contributed by atoms with Crippen molar-refractivity contribution in [3.05, 3.63) is 97.2 Å². The van der Waals surface area contributed by atoms with Gasteiger partial charge in [-0.15, -0.1) is 0 Å². The molecule has 6 nitrogen and oxygen atoms in total. The van der Waals surface area contributed by atoms with Crippen LogP contribution in [0.25, 0.3) is 0 Å². The van der Waals surface area contributed by atoms with E-state index in [1.54, 1.807) is 0 Å². The Morgan fingerprint density at radius 3 is 0.877 bits per heavy atom. The third-order valence-corrected chi connectivity index (χ3v) is 13.0. The number of hydrogen-bond donors (Lipinski definition) is 0. The van der Waals surface area contributed by atoms with Gasteiger partial charge in [0.15, 0.2) is 6.10 Å². The highest BCUT2D eigenvalue weighted by atomic mass is 16.6. The SMILES string of the molecule is CC/C=C\C/C=C\C/C=C\CCCCCC(=O)OCC(COC(=O)CCCCCCCCCCCC/C=C\C/C=C\C/C=C\CCCCCCC)OC(=O)CCCCCCCCC/C=C\C/C=C\CCCCC. The summed E-state index contributed by atoms with van der Waals surface area (Å²) in [4.78, 5) is 38.2. The molecule has 0 spiro atoms. The van der Waals surface area contributed by atoms with E-state index in [0.717, 1.165) is 109 Å². The van der Waals surface area contributed by atoms with Gasteiger partial charge >= 0.3 is 17.9 Å². The minimum atomic E-state index is -0.797. The zero-order valence-corrected chi connectivity index (χ0v) is 47.9. The maximum atomic E-state index is 12.9. The largest absolute Gasteiger partial charge is 0.462 e. The summed E-state index contributed by atoms with van der Waals surface area (Å²) in [5.41, 5.74) is 0. The zero-order valence-electron chi connectivity index (χ0n) is 47.9. The van der Waals surface area contributed by atoms with Crippen molar-refractivity contribution in [1.82, 2.24) is 0 Å². The molecule has 0 rings (SSSR count). The van der Waals surface area contributed by atoms with E-state index in [1.165, 1.54) is 141 Å². The van der Waals surface area contributed by atoms with Gasteiger partial charge in [-0.05, 0) is 122 Å². The van der Waals surface area contributed by atoms with E-state index in [-0.39, 0.29) is 31.1 Å². The predicted octanol–water partition coefficient (Wildman–Crippen LogP) is 20.9. The average Bonchev–Trinajstić information content (AvgIpc) is 3.39. The van der Waals surface area contributed by atoms with Crippen LogP contribution in [-0.2, 0) is 28.6 Å². The zero-order chi connectivity index (χ0) is 52.9. The molecule has 6 heteroatoms. The highest BCUT2D eigenvalue weighted by Crippen LogP contribution is 2.15. The summed E-state index contributed by atoms with van der Waals surface area (Å²) in [7, 11) is 0. The van der Waals surface area contributed by atoms with Gasteiger partial charge in [0, 0.05) is 19.3 Å². The number of carbonyl (C=O) groups excluding carboxylic acids is 3. The van der Waals surface area contributed by atoms with Crippen LogP contribution in [0.5, 0.6) is 0 Å². The van der Waals surface area contributed by atoms with Crippen molar-refractivity contribution in [2.45, 2.75) is 297 Å². The summed E-state index contributed by atoms with van der Waals surface area (Å²) >= 11 is 0. The van der Waals surface area contributed by atoms with Gasteiger partial charge in [-0.2, -0.15) is 0 Å². The number of ether oxygens (including phenoxy) is 3. The van der Waals surface area contributed by atoms with Crippen LogP contribution < -0.4 is 0 Å². The highest BCUT2D eigenvalue weighted by Gasteiger charge is 2.19. The van der Waals surface area contributed by atoms with E-state index in [4.69, 9.17) is 14.2 Å². The summed E-state index contributed by atoms with van der Waals surface area (Å²) < 4.78 is 16.9. The molecule has 0 aromatic heterocycles. The predicted molar refractivity (Wildman–Crippen MR) is 316 cm³/mol. The topological polar surface area (TPSA) is 78.9 Å². The quantitative estimate of drug-likeness (QED) is 0.0261. The molecule has 0 N–H and O–H groups in total. The molecule has 0 aliphatic carbocycles. The van der Waals surface area contributed by atoms with Crippen molar-refractivity contribution >= 4 is 17.9 Å². The molecular formula is C67H114O6. The molecule has 0 amide bonds. The number of unbranched alkanes of at least 4 members (excludes halogenated alkanes) is 28. The fraction of sp³-hybridized carbons (Fsp3) is 0.716. The third-order valence-electron chi connectivity index (χ3n) is 13.0. The van der Waals surface area contributed by atoms with Crippen molar-refractivity contribution in [3.8, 4) is 0 Å². The van der Waals surface area contributed by atoms with E-state index >= 15 is 0 Å². The third kappa shape index (κ3) is 59.1. The average molecular weight is 1020 g/mol. The standard InChI is InChI=1S/C67H114O6/c1-4-7-10-13-16-19-22-25-27-29-30-31-32-33-34-35-36-38-39-42-45-48-51-54-57-60-66(69)72-63-64(62-71-65(68)59-56-53-50-47-44-41-24-21-18-15-12-9-6-3)73-67(70)61-58-55-52-49-46-43-40-37-28-26-23-20-17-14-11-8-5-2/h9,12,17-18,20-22,25-26,28-30,32-33,41,44,64H,4-8,10-11,13-16,19,23-24,27,31,34-40,42-43,45-63H2,1-3H3/b12-9-,20-17-,21-18-,25-22-,28-26-,30-29-,33-32-,44-41-. The molecule has 0 radical (unpaired) electrons. The fourth-order valence-corrected chi connectivity index (χ4v) is 8.44. The van der Waals surface area contributed by atoms with Gasteiger partial charge < -0.3 is 14.2 Å². The van der Waals surface area contributed by atoms with E-state index in [0.29, 0.717) is 19.3 Å². The molecular weight excluding hydrogens is 901 g/mol. The molecule has 0 bridgehead atoms. The summed E-state index contributed by atoms with van der Waals surface area (Å²) in [6.07, 6.45) is 81.2. The molecule has 0 fully saturated rings. The van der Waals surface area contributed by atoms with E-state index in [9.17, 15) is 14.4 Å². The molecule has 1 unspecified atom stereocenters. The fourth-order valence-electron chi connectivity index (χ4n) is 8.44. The Morgan fingerprint density at radius 2 is 0.534 bits per heavy atom. The first-order chi connectivity index (χ1) is 36.0. The lowest BCUT2D eigenvalue weighted by Gasteiger charge is -2.18. The van der Waals surface area contributed by atoms with Gasteiger partial charge in [0.25, 0.3) is 0 Å². The van der Waals surface area contributed by atoms with Gasteiger partial charge in [-0.1, -0.05) is 246 Å². The first-order valence-electron chi connectivity index (χ1n) is 30.7. The lowest BCUT2D eigenvalue weighted by atomic mass is 10.1. The second-order valence-corrected chi connectivity index (χ2v) is 20.2. The maximum Gasteiger partial charge on any atom is 0.306 e. The summed E-state index contributed by atoms with van der Waals surface area (Å²) in [5.74, 6) is -0.929. The molecule has 0 saturated heterocycles. The van der Waals surface area contributed by atoms with Crippen LogP contribution in [0.15, 0.2) is 97.2 Å². The molecule has 0 saturated carbocycles. The Labute approximate surface area is 451 Å². The highest BCUT2D eigenvalue weighted by molar-refractivity contribution is 5.71. The first kappa shape index (κ1) is 69.3. The van der Waals surface area contributed by atoms with Gasteiger partial charge in [0.05, 0.1) is 0 Å². The van der Waals surface area contributed by atoms with Crippen molar-refractivity contribution in [1.29, 1.82) is 0 Å². The van der Waals surface area contributed by atoms with Crippen LogP contribution in [0.2, 0.25) is 0 Å². The van der Waals surface area contributed by atoms with Crippen molar-refractivity contribution in [3.63, 3.8) is 0 Å². The van der Waals surface area contributed by atoms with Gasteiger partial charge in [0.1, 0.15) is 13.2 Å². The minimum absolute atomic E-state index is 0.0924.